The van der Waals surface area contributed by atoms with Crippen LogP contribution in [0.1, 0.15) is 22.8 Å². The molecule has 0 unspecified atom stereocenters. The first kappa shape index (κ1) is 19.0. The van der Waals surface area contributed by atoms with Crippen molar-refractivity contribution < 1.29 is 9.21 Å². The van der Waals surface area contributed by atoms with E-state index in [1.807, 2.05) is 30.3 Å². The number of carbonyl (C=O) groups is 1. The average Bonchev–Trinajstić information content (AvgIpc) is 2.73. The van der Waals surface area contributed by atoms with E-state index in [4.69, 9.17) is 16.0 Å². The Hall–Kier alpha value is -3.37. The first-order valence-electron chi connectivity index (χ1n) is 9.28. The number of para-hydroxylation sites is 1. The molecule has 1 N–H and O–H groups in total. The number of benzene rings is 3. The molecule has 1 amide bonds. The summed E-state index contributed by atoms with van der Waals surface area (Å²) in [4.78, 5) is 24.9. The van der Waals surface area contributed by atoms with Crippen molar-refractivity contribution in [3.63, 3.8) is 0 Å². The fourth-order valence-electron chi connectivity index (χ4n) is 3.16. The predicted molar refractivity (Wildman–Crippen MR) is 117 cm³/mol. The van der Waals surface area contributed by atoms with E-state index in [0.717, 1.165) is 11.8 Å². The summed E-state index contributed by atoms with van der Waals surface area (Å²) < 4.78 is 5.39. The summed E-state index contributed by atoms with van der Waals surface area (Å²) in [6, 6.07) is 21.6. The van der Waals surface area contributed by atoms with E-state index in [2.05, 4.69) is 12.2 Å². The van der Waals surface area contributed by atoms with Crippen LogP contribution in [-0.4, -0.2) is 5.91 Å². The van der Waals surface area contributed by atoms with E-state index in [0.29, 0.717) is 33.0 Å². The SMILES string of the molecule is CCc1ccc(C(=O)Nc2ccc(-c3cc4ccccc4oc3=O)c(Cl)c2)cc1. The fraction of sp³-hybridized carbons (Fsp3) is 0.0833. The van der Waals surface area contributed by atoms with Crippen LogP contribution in [0.2, 0.25) is 5.02 Å². The molecule has 4 rings (SSSR count). The summed E-state index contributed by atoms with van der Waals surface area (Å²) in [5.74, 6) is -0.221. The van der Waals surface area contributed by atoms with Gasteiger partial charge in [0.2, 0.25) is 0 Å². The lowest BCUT2D eigenvalue weighted by Gasteiger charge is -2.09. The lowest BCUT2D eigenvalue weighted by molar-refractivity contribution is 0.102. The van der Waals surface area contributed by atoms with E-state index in [1.165, 1.54) is 5.56 Å². The Bertz CT molecular complexity index is 1260. The van der Waals surface area contributed by atoms with Gasteiger partial charge in [-0.25, -0.2) is 4.79 Å². The van der Waals surface area contributed by atoms with Crippen LogP contribution in [-0.2, 0) is 6.42 Å². The number of nitrogens with one attached hydrogen (secondary N) is 1. The van der Waals surface area contributed by atoms with Crippen LogP contribution in [0.15, 0.2) is 82.0 Å². The quantitative estimate of drug-likeness (QED) is 0.430. The zero-order valence-electron chi connectivity index (χ0n) is 15.7. The highest BCUT2D eigenvalue weighted by Crippen LogP contribution is 2.30. The predicted octanol–water partition coefficient (Wildman–Crippen LogP) is 5.93. The number of carbonyl (C=O) groups excluding carboxylic acids is 1. The summed E-state index contributed by atoms with van der Waals surface area (Å²) in [5, 5.41) is 4.00. The van der Waals surface area contributed by atoms with Crippen LogP contribution >= 0.6 is 11.6 Å². The maximum atomic E-state index is 12.5. The van der Waals surface area contributed by atoms with Gasteiger partial charge in [-0.2, -0.15) is 0 Å². The van der Waals surface area contributed by atoms with E-state index in [1.54, 1.807) is 42.5 Å². The minimum Gasteiger partial charge on any atom is -0.422 e. The number of rotatable bonds is 4. The van der Waals surface area contributed by atoms with Crippen LogP contribution in [0.3, 0.4) is 0 Å². The Morgan fingerprint density at radius 2 is 1.72 bits per heavy atom. The van der Waals surface area contributed by atoms with Gasteiger partial charge >= 0.3 is 5.63 Å². The number of hydrogen-bond donors (Lipinski definition) is 1. The van der Waals surface area contributed by atoms with Crippen LogP contribution < -0.4 is 10.9 Å². The van der Waals surface area contributed by atoms with E-state index >= 15 is 0 Å². The highest BCUT2D eigenvalue weighted by atomic mass is 35.5. The molecule has 0 aliphatic carbocycles. The van der Waals surface area contributed by atoms with E-state index in [9.17, 15) is 9.59 Å². The standard InChI is InChI=1S/C24H18ClNO3/c1-2-15-7-9-16(10-8-15)23(27)26-18-11-12-19(21(25)14-18)20-13-17-5-3-4-6-22(17)29-24(20)28/h3-14H,2H2,1H3,(H,26,27). The topological polar surface area (TPSA) is 59.3 Å². The number of hydrogen-bond acceptors (Lipinski definition) is 3. The van der Waals surface area contributed by atoms with Crippen molar-refractivity contribution in [3.8, 4) is 11.1 Å². The van der Waals surface area contributed by atoms with Gasteiger partial charge in [0.05, 0.1) is 10.6 Å². The Balaban J connectivity index is 1.62. The summed E-state index contributed by atoms with van der Waals surface area (Å²) >= 11 is 6.42. The van der Waals surface area contributed by atoms with Gasteiger partial charge in [-0.1, -0.05) is 54.9 Å². The van der Waals surface area contributed by atoms with Gasteiger partial charge in [0.1, 0.15) is 5.58 Å². The van der Waals surface area contributed by atoms with Crippen molar-refractivity contribution in [2.45, 2.75) is 13.3 Å². The van der Waals surface area contributed by atoms with E-state index < -0.39 is 5.63 Å². The maximum absolute atomic E-state index is 12.5. The number of halogens is 1. The molecule has 0 atom stereocenters. The Morgan fingerprint density at radius 1 is 0.966 bits per heavy atom. The molecule has 0 aliphatic heterocycles. The van der Waals surface area contributed by atoms with Crippen molar-refractivity contribution in [2.24, 2.45) is 0 Å². The van der Waals surface area contributed by atoms with E-state index in [-0.39, 0.29) is 5.91 Å². The lowest BCUT2D eigenvalue weighted by Crippen LogP contribution is -2.12. The molecule has 0 aliphatic rings. The highest BCUT2D eigenvalue weighted by molar-refractivity contribution is 6.33. The molecule has 4 nitrogen and oxygen atoms in total. The largest absolute Gasteiger partial charge is 0.422 e. The Labute approximate surface area is 172 Å². The van der Waals surface area contributed by atoms with Gasteiger partial charge < -0.3 is 9.73 Å². The molecule has 5 heteroatoms. The second-order valence-electron chi connectivity index (χ2n) is 6.68. The molecule has 4 aromatic rings. The molecule has 0 saturated heterocycles. The smallest absolute Gasteiger partial charge is 0.344 e. The van der Waals surface area contributed by atoms with Crippen molar-refractivity contribution in [1.29, 1.82) is 0 Å². The maximum Gasteiger partial charge on any atom is 0.344 e. The minimum absolute atomic E-state index is 0.221. The third kappa shape index (κ3) is 3.93. The zero-order chi connectivity index (χ0) is 20.4. The summed E-state index contributed by atoms with van der Waals surface area (Å²) in [6.45, 7) is 2.06. The summed E-state index contributed by atoms with van der Waals surface area (Å²) in [5.41, 5.74) is 3.28. The zero-order valence-corrected chi connectivity index (χ0v) is 16.5. The molecule has 1 aromatic heterocycles. The third-order valence-corrected chi connectivity index (χ3v) is 5.10. The molecule has 0 radical (unpaired) electrons. The highest BCUT2D eigenvalue weighted by Gasteiger charge is 2.13. The minimum atomic E-state index is -0.460. The fourth-order valence-corrected chi connectivity index (χ4v) is 3.44. The average molecular weight is 404 g/mol. The third-order valence-electron chi connectivity index (χ3n) is 4.78. The molecule has 0 saturated carbocycles. The lowest BCUT2D eigenvalue weighted by atomic mass is 10.1. The molecule has 1 heterocycles. The molecule has 29 heavy (non-hydrogen) atoms. The summed E-state index contributed by atoms with van der Waals surface area (Å²) in [6.07, 6.45) is 0.918. The molecule has 0 bridgehead atoms. The van der Waals surface area contributed by atoms with Crippen molar-refractivity contribution >= 4 is 34.2 Å². The normalized spacial score (nSPS) is 10.8. The van der Waals surface area contributed by atoms with Gasteiger partial charge in [-0.15, -0.1) is 0 Å². The summed E-state index contributed by atoms with van der Waals surface area (Å²) in [7, 11) is 0. The van der Waals surface area contributed by atoms with Crippen molar-refractivity contribution in [2.75, 3.05) is 5.32 Å². The van der Waals surface area contributed by atoms with Gasteiger partial charge in [0.15, 0.2) is 0 Å². The van der Waals surface area contributed by atoms with Crippen LogP contribution in [0, 0.1) is 0 Å². The molecular weight excluding hydrogens is 386 g/mol. The molecule has 3 aromatic carbocycles. The van der Waals surface area contributed by atoms with Crippen LogP contribution in [0.25, 0.3) is 22.1 Å². The Kier molecular flexibility index (Phi) is 5.19. The van der Waals surface area contributed by atoms with Gasteiger partial charge in [-0.3, -0.25) is 4.79 Å². The molecule has 144 valence electrons. The van der Waals surface area contributed by atoms with Crippen molar-refractivity contribution in [3.05, 3.63) is 99.4 Å². The number of fused-ring (bicyclic) bond motifs is 1. The molecule has 0 fully saturated rings. The monoisotopic (exact) mass is 403 g/mol. The van der Waals surface area contributed by atoms with Crippen LogP contribution in [0.4, 0.5) is 5.69 Å². The van der Waals surface area contributed by atoms with Gasteiger partial charge in [0.25, 0.3) is 5.91 Å². The van der Waals surface area contributed by atoms with Gasteiger partial charge in [-0.05, 0) is 48.4 Å². The van der Waals surface area contributed by atoms with Gasteiger partial charge in [0, 0.05) is 22.2 Å². The van der Waals surface area contributed by atoms with Crippen molar-refractivity contribution in [1.82, 2.24) is 0 Å². The molecule has 0 spiro atoms. The Morgan fingerprint density at radius 3 is 2.45 bits per heavy atom. The first-order valence-corrected chi connectivity index (χ1v) is 9.66. The number of amides is 1. The second-order valence-corrected chi connectivity index (χ2v) is 7.09. The van der Waals surface area contributed by atoms with Crippen LogP contribution in [0.5, 0.6) is 0 Å². The first-order chi connectivity index (χ1) is 14.0. The number of aryl methyl sites for hydroxylation is 1. The second kappa shape index (κ2) is 7.94. The number of anilines is 1. The molecular formula is C24H18ClNO3.